The summed E-state index contributed by atoms with van der Waals surface area (Å²) in [6.45, 7) is 7.48. The molecule has 2 unspecified atom stereocenters. The van der Waals surface area contributed by atoms with Gasteiger partial charge in [0.05, 0.1) is 0 Å². The van der Waals surface area contributed by atoms with E-state index in [1.807, 2.05) is 19.3 Å². The van der Waals surface area contributed by atoms with Gasteiger partial charge >= 0.3 is 0 Å². The maximum Gasteiger partial charge on any atom is 0.132 e. The molecule has 0 amide bonds. The number of aryl methyl sites for hydroxylation is 1. The van der Waals surface area contributed by atoms with Crippen molar-refractivity contribution in [1.82, 2.24) is 24.8 Å². The van der Waals surface area contributed by atoms with Crippen LogP contribution < -0.4 is 4.90 Å². The van der Waals surface area contributed by atoms with Crippen LogP contribution in [0.25, 0.3) is 0 Å². The molecule has 2 aromatic rings. The predicted octanol–water partition coefficient (Wildman–Crippen LogP) is 1.14. The molecule has 2 aliphatic heterocycles. The smallest absolute Gasteiger partial charge is 0.132 e. The lowest BCUT2D eigenvalue weighted by Gasteiger charge is -2.22. The van der Waals surface area contributed by atoms with Crippen LogP contribution in [0.5, 0.6) is 0 Å². The van der Waals surface area contributed by atoms with Gasteiger partial charge in [0.15, 0.2) is 0 Å². The Morgan fingerprint density at radius 1 is 1.00 bits per heavy atom. The minimum atomic E-state index is 0.736. The van der Waals surface area contributed by atoms with Crippen molar-refractivity contribution in [3.63, 3.8) is 0 Å². The van der Waals surface area contributed by atoms with Crippen molar-refractivity contribution in [3.05, 3.63) is 42.4 Å². The molecule has 2 aliphatic rings. The number of hydrogen-bond donors (Lipinski definition) is 0. The molecular formula is C16H20N6. The first-order chi connectivity index (χ1) is 10.8. The van der Waals surface area contributed by atoms with E-state index in [-0.39, 0.29) is 0 Å². The third kappa shape index (κ3) is 2.66. The van der Waals surface area contributed by atoms with Gasteiger partial charge in [0.1, 0.15) is 18.5 Å². The molecule has 6 heteroatoms. The first-order valence-corrected chi connectivity index (χ1v) is 7.78. The highest BCUT2D eigenvalue weighted by Crippen LogP contribution is 2.33. The van der Waals surface area contributed by atoms with Gasteiger partial charge in [-0.05, 0) is 18.8 Å². The molecule has 0 bridgehead atoms. The highest BCUT2D eigenvalue weighted by atomic mass is 15.3. The standard InChI is InChI=1S/C16H20N6/c1-12-2-16(20-11-19-12)22-8-14-6-21(7-15(14)9-22)5-13-3-17-10-18-4-13/h2-4,10-11,14-15H,5-9H2,1H3. The van der Waals surface area contributed by atoms with Crippen LogP contribution in [-0.2, 0) is 6.54 Å². The van der Waals surface area contributed by atoms with E-state index in [0.29, 0.717) is 0 Å². The van der Waals surface area contributed by atoms with Crippen LogP contribution in [0.4, 0.5) is 5.82 Å². The second-order valence-electron chi connectivity index (χ2n) is 6.38. The normalized spacial score (nSPS) is 24.7. The minimum absolute atomic E-state index is 0.736. The summed E-state index contributed by atoms with van der Waals surface area (Å²) in [7, 11) is 0. The van der Waals surface area contributed by atoms with Gasteiger partial charge in [-0.1, -0.05) is 0 Å². The molecule has 0 radical (unpaired) electrons. The van der Waals surface area contributed by atoms with Crippen LogP contribution in [-0.4, -0.2) is 51.0 Å². The molecule has 0 spiro atoms. The lowest BCUT2D eigenvalue weighted by Crippen LogP contribution is -2.29. The lowest BCUT2D eigenvalue weighted by molar-refractivity contribution is 0.308. The van der Waals surface area contributed by atoms with Crippen LogP contribution in [0.2, 0.25) is 0 Å². The van der Waals surface area contributed by atoms with Crippen molar-refractivity contribution in [2.45, 2.75) is 13.5 Å². The van der Waals surface area contributed by atoms with Crippen molar-refractivity contribution >= 4 is 5.82 Å². The Morgan fingerprint density at radius 3 is 2.41 bits per heavy atom. The second-order valence-corrected chi connectivity index (χ2v) is 6.38. The van der Waals surface area contributed by atoms with E-state index in [1.165, 1.54) is 5.56 Å². The van der Waals surface area contributed by atoms with Crippen LogP contribution in [0.15, 0.2) is 31.1 Å². The summed E-state index contributed by atoms with van der Waals surface area (Å²) >= 11 is 0. The number of anilines is 1. The summed E-state index contributed by atoms with van der Waals surface area (Å²) in [5.74, 6) is 2.55. The maximum atomic E-state index is 4.42. The minimum Gasteiger partial charge on any atom is -0.356 e. The molecule has 114 valence electrons. The van der Waals surface area contributed by atoms with Crippen molar-refractivity contribution in [2.24, 2.45) is 11.8 Å². The fraction of sp³-hybridized carbons (Fsp3) is 0.500. The summed E-state index contributed by atoms with van der Waals surface area (Å²) in [5.41, 5.74) is 2.23. The van der Waals surface area contributed by atoms with E-state index in [4.69, 9.17) is 0 Å². The molecule has 2 saturated heterocycles. The van der Waals surface area contributed by atoms with Gasteiger partial charge in [-0.25, -0.2) is 19.9 Å². The first kappa shape index (κ1) is 13.6. The number of aromatic nitrogens is 4. The third-order valence-electron chi connectivity index (χ3n) is 4.70. The van der Waals surface area contributed by atoms with Crippen LogP contribution in [0.1, 0.15) is 11.3 Å². The molecule has 0 aliphatic carbocycles. The fourth-order valence-corrected chi connectivity index (χ4v) is 3.69. The Labute approximate surface area is 130 Å². The molecule has 4 rings (SSSR count). The summed E-state index contributed by atoms with van der Waals surface area (Å²) in [4.78, 5) is 21.7. The van der Waals surface area contributed by atoms with Crippen molar-refractivity contribution in [1.29, 1.82) is 0 Å². The van der Waals surface area contributed by atoms with Crippen LogP contribution in [0.3, 0.4) is 0 Å². The van der Waals surface area contributed by atoms with Gasteiger partial charge in [-0.2, -0.15) is 0 Å². The van der Waals surface area contributed by atoms with Gasteiger partial charge in [0.2, 0.25) is 0 Å². The fourth-order valence-electron chi connectivity index (χ4n) is 3.69. The number of likely N-dealkylation sites (tertiary alicyclic amines) is 1. The van der Waals surface area contributed by atoms with Gasteiger partial charge in [0.25, 0.3) is 0 Å². The van der Waals surface area contributed by atoms with Gasteiger partial charge in [-0.3, -0.25) is 4.90 Å². The van der Waals surface area contributed by atoms with Crippen LogP contribution in [0, 0.1) is 18.8 Å². The summed E-state index contributed by atoms with van der Waals surface area (Å²) < 4.78 is 0. The van der Waals surface area contributed by atoms with E-state index >= 15 is 0 Å². The molecule has 2 atom stereocenters. The summed E-state index contributed by atoms with van der Waals surface area (Å²) in [6.07, 6.45) is 7.08. The quantitative estimate of drug-likeness (QED) is 0.846. The number of fused-ring (bicyclic) bond motifs is 1. The van der Waals surface area contributed by atoms with E-state index in [1.54, 1.807) is 12.7 Å². The Kier molecular flexibility index (Phi) is 3.46. The van der Waals surface area contributed by atoms with E-state index in [9.17, 15) is 0 Å². The van der Waals surface area contributed by atoms with Crippen molar-refractivity contribution in [2.75, 3.05) is 31.1 Å². The zero-order valence-electron chi connectivity index (χ0n) is 12.8. The molecule has 4 heterocycles. The van der Waals surface area contributed by atoms with E-state index in [0.717, 1.165) is 56.1 Å². The number of rotatable bonds is 3. The zero-order valence-corrected chi connectivity index (χ0v) is 12.8. The Hall–Kier alpha value is -2.08. The molecule has 2 fully saturated rings. The van der Waals surface area contributed by atoms with E-state index < -0.39 is 0 Å². The predicted molar refractivity (Wildman–Crippen MR) is 83.3 cm³/mol. The van der Waals surface area contributed by atoms with Gasteiger partial charge < -0.3 is 4.90 Å². The largest absolute Gasteiger partial charge is 0.356 e. The van der Waals surface area contributed by atoms with Crippen molar-refractivity contribution < 1.29 is 0 Å². The molecule has 0 saturated carbocycles. The highest BCUT2D eigenvalue weighted by Gasteiger charge is 2.40. The van der Waals surface area contributed by atoms with Crippen molar-refractivity contribution in [3.8, 4) is 0 Å². The average Bonchev–Trinajstić information content (AvgIpc) is 3.06. The average molecular weight is 296 g/mol. The molecule has 0 N–H and O–H groups in total. The molecular weight excluding hydrogens is 276 g/mol. The monoisotopic (exact) mass is 296 g/mol. The third-order valence-corrected chi connectivity index (χ3v) is 4.70. The van der Waals surface area contributed by atoms with Gasteiger partial charge in [0, 0.05) is 62.4 Å². The Morgan fingerprint density at radius 2 is 1.73 bits per heavy atom. The first-order valence-electron chi connectivity index (χ1n) is 7.78. The number of hydrogen-bond acceptors (Lipinski definition) is 6. The van der Waals surface area contributed by atoms with E-state index in [2.05, 4.69) is 35.8 Å². The Balaban J connectivity index is 1.38. The number of nitrogens with zero attached hydrogens (tertiary/aromatic N) is 6. The lowest BCUT2D eigenvalue weighted by atomic mass is 10.0. The summed E-state index contributed by atoms with van der Waals surface area (Å²) in [6, 6.07) is 2.08. The molecule has 2 aromatic heterocycles. The SMILES string of the molecule is Cc1cc(N2CC3CN(Cc4cncnc4)CC3C2)ncn1. The highest BCUT2D eigenvalue weighted by molar-refractivity contribution is 5.40. The van der Waals surface area contributed by atoms with Crippen LogP contribution >= 0.6 is 0 Å². The zero-order chi connectivity index (χ0) is 14.9. The van der Waals surface area contributed by atoms with Gasteiger partial charge in [-0.15, -0.1) is 0 Å². The molecule has 22 heavy (non-hydrogen) atoms. The second kappa shape index (κ2) is 5.61. The summed E-state index contributed by atoms with van der Waals surface area (Å²) in [5, 5.41) is 0. The Bertz CT molecular complexity index is 632. The molecule has 0 aromatic carbocycles. The topological polar surface area (TPSA) is 58.0 Å². The maximum absolute atomic E-state index is 4.42. The molecule has 6 nitrogen and oxygen atoms in total.